The van der Waals surface area contributed by atoms with Gasteiger partial charge in [-0.3, -0.25) is 0 Å². The van der Waals surface area contributed by atoms with Crippen molar-refractivity contribution < 1.29 is 0 Å². The fourth-order valence-electron chi connectivity index (χ4n) is 7.33. The molecule has 0 bridgehead atoms. The number of aromatic nitrogens is 2. The number of hydrogen-bond acceptors (Lipinski definition) is 0. The lowest BCUT2D eigenvalue weighted by molar-refractivity contribution is 1.16. The quantitative estimate of drug-likeness (QED) is 0.174. The molecule has 9 rings (SSSR count). The van der Waals surface area contributed by atoms with Crippen LogP contribution in [0.2, 0.25) is 0 Å². The van der Waals surface area contributed by atoms with Gasteiger partial charge in [0.05, 0.1) is 22.1 Å². The molecule has 2 heterocycles. The summed E-state index contributed by atoms with van der Waals surface area (Å²) >= 11 is 0. The maximum absolute atomic E-state index is 4.49. The molecule has 2 heteroatoms. The molecule has 9 aromatic rings. The largest absolute Gasteiger partial charge is 0.309 e. The van der Waals surface area contributed by atoms with Crippen molar-refractivity contribution in [3.8, 4) is 11.4 Å². The van der Waals surface area contributed by atoms with Crippen molar-refractivity contribution in [1.29, 1.82) is 0 Å². The van der Waals surface area contributed by atoms with Crippen molar-refractivity contribution in [2.45, 2.75) is 6.92 Å². The van der Waals surface area contributed by atoms with E-state index in [0.717, 1.165) is 22.5 Å². The van der Waals surface area contributed by atoms with Crippen molar-refractivity contribution in [1.82, 2.24) is 9.13 Å². The molecule has 2 aromatic heterocycles. The molecule has 2 nitrogen and oxygen atoms in total. The Morgan fingerprint density at radius 1 is 0.489 bits per heavy atom. The molecule has 0 aliphatic rings. The highest BCUT2D eigenvalue weighted by Crippen LogP contribution is 2.37. The fraction of sp³-hybridized carbons (Fsp3) is 0.0222. The van der Waals surface area contributed by atoms with E-state index in [1.807, 2.05) is 0 Å². The van der Waals surface area contributed by atoms with Crippen LogP contribution in [-0.2, 0) is 0 Å². The maximum atomic E-state index is 4.49. The molecule has 0 aliphatic carbocycles. The van der Waals surface area contributed by atoms with Crippen LogP contribution in [-0.4, -0.2) is 9.13 Å². The van der Waals surface area contributed by atoms with E-state index >= 15 is 0 Å². The lowest BCUT2D eigenvalue weighted by Gasteiger charge is -2.12. The molecule has 0 aliphatic heterocycles. The third-order valence-electron chi connectivity index (χ3n) is 9.61. The van der Waals surface area contributed by atoms with E-state index in [9.17, 15) is 0 Å². The number of rotatable bonds is 5. The Kier molecular flexibility index (Phi) is 6.22. The van der Waals surface area contributed by atoms with Crippen molar-refractivity contribution >= 4 is 66.0 Å². The number of para-hydroxylation sites is 3. The van der Waals surface area contributed by atoms with Crippen LogP contribution in [0.1, 0.15) is 16.7 Å². The first-order valence-corrected chi connectivity index (χ1v) is 16.1. The molecule has 222 valence electrons. The van der Waals surface area contributed by atoms with E-state index in [0.29, 0.717) is 0 Å². The lowest BCUT2D eigenvalue weighted by Crippen LogP contribution is -1.96. The Hall–Kier alpha value is -6.12. The Morgan fingerprint density at radius 3 is 1.72 bits per heavy atom. The van der Waals surface area contributed by atoms with E-state index in [4.69, 9.17) is 0 Å². The highest BCUT2D eigenvalue weighted by Gasteiger charge is 2.16. The van der Waals surface area contributed by atoms with Crippen LogP contribution in [0.25, 0.3) is 77.4 Å². The first-order valence-electron chi connectivity index (χ1n) is 16.1. The number of allylic oxidation sites excluding steroid dienone is 2. The van der Waals surface area contributed by atoms with Crippen LogP contribution in [0.15, 0.2) is 164 Å². The molecule has 0 radical (unpaired) electrons. The second kappa shape index (κ2) is 10.8. The van der Waals surface area contributed by atoms with E-state index < -0.39 is 0 Å². The van der Waals surface area contributed by atoms with Crippen LogP contribution in [0.3, 0.4) is 0 Å². The third-order valence-corrected chi connectivity index (χ3v) is 9.61. The second-order valence-electron chi connectivity index (χ2n) is 12.3. The highest BCUT2D eigenvalue weighted by atomic mass is 15.0. The molecule has 0 unspecified atom stereocenters. The smallest absolute Gasteiger partial charge is 0.0542 e. The predicted octanol–water partition coefficient (Wildman–Crippen LogP) is 12.1. The highest BCUT2D eigenvalue weighted by molar-refractivity contribution is 6.12. The minimum atomic E-state index is 0.980. The summed E-state index contributed by atoms with van der Waals surface area (Å²) in [7, 11) is 0. The summed E-state index contributed by atoms with van der Waals surface area (Å²) in [5, 5.41) is 7.52. The third kappa shape index (κ3) is 4.34. The first kappa shape index (κ1) is 27.2. The molecular formula is C45H32N2. The number of benzene rings is 7. The van der Waals surface area contributed by atoms with Gasteiger partial charge in [0.1, 0.15) is 0 Å². The molecule has 0 saturated carbocycles. The Labute approximate surface area is 273 Å². The van der Waals surface area contributed by atoms with Crippen molar-refractivity contribution in [2.75, 3.05) is 0 Å². The minimum Gasteiger partial charge on any atom is -0.309 e. The first-order chi connectivity index (χ1) is 23.2. The Balaban J connectivity index is 1.16. The van der Waals surface area contributed by atoms with E-state index in [2.05, 4.69) is 186 Å². The molecule has 0 N–H and O–H groups in total. The van der Waals surface area contributed by atoms with E-state index in [-0.39, 0.29) is 0 Å². The van der Waals surface area contributed by atoms with Gasteiger partial charge in [0.15, 0.2) is 0 Å². The Morgan fingerprint density at radius 2 is 1.04 bits per heavy atom. The normalized spacial score (nSPS) is 11.9. The molecule has 0 saturated heterocycles. The molecular weight excluding hydrogens is 569 g/mol. The molecule has 0 fully saturated rings. The van der Waals surface area contributed by atoms with Crippen LogP contribution < -0.4 is 0 Å². The summed E-state index contributed by atoms with van der Waals surface area (Å²) in [4.78, 5) is 0. The van der Waals surface area contributed by atoms with Gasteiger partial charge in [0.2, 0.25) is 0 Å². The molecule has 7 aromatic carbocycles. The average molecular weight is 601 g/mol. The summed E-state index contributed by atoms with van der Waals surface area (Å²) < 4.78 is 4.78. The SMILES string of the molecule is C=C(/C=C\c1c(C)ccc2ccccc12)c1cccc(-n2c3ccccc3c3cc(-n4c5ccccc5c5ccccc54)ccc32)c1. The fourth-order valence-corrected chi connectivity index (χ4v) is 7.33. The zero-order valence-corrected chi connectivity index (χ0v) is 26.2. The lowest BCUT2D eigenvalue weighted by atomic mass is 9.98. The van der Waals surface area contributed by atoms with Gasteiger partial charge in [0, 0.05) is 32.9 Å². The van der Waals surface area contributed by atoms with Crippen LogP contribution in [0, 0.1) is 6.92 Å². The van der Waals surface area contributed by atoms with Gasteiger partial charge in [0.25, 0.3) is 0 Å². The van der Waals surface area contributed by atoms with Gasteiger partial charge >= 0.3 is 0 Å². The van der Waals surface area contributed by atoms with E-state index in [1.54, 1.807) is 0 Å². The minimum absolute atomic E-state index is 0.980. The van der Waals surface area contributed by atoms with Gasteiger partial charge in [-0.05, 0) is 88.5 Å². The molecule has 47 heavy (non-hydrogen) atoms. The summed E-state index contributed by atoms with van der Waals surface area (Å²) in [6.07, 6.45) is 4.36. The van der Waals surface area contributed by atoms with Crippen LogP contribution in [0.4, 0.5) is 0 Å². The summed E-state index contributed by atoms with van der Waals surface area (Å²) in [6, 6.07) is 54.7. The average Bonchev–Trinajstić information content (AvgIpc) is 3.64. The number of fused-ring (bicyclic) bond motifs is 7. The number of nitrogens with zero attached hydrogens (tertiary/aromatic N) is 2. The second-order valence-corrected chi connectivity index (χ2v) is 12.3. The van der Waals surface area contributed by atoms with Crippen molar-refractivity contribution in [3.05, 3.63) is 181 Å². The Bertz CT molecular complexity index is 2660. The van der Waals surface area contributed by atoms with Gasteiger partial charge < -0.3 is 9.13 Å². The van der Waals surface area contributed by atoms with Gasteiger partial charge in [-0.25, -0.2) is 0 Å². The van der Waals surface area contributed by atoms with Crippen molar-refractivity contribution in [3.63, 3.8) is 0 Å². The van der Waals surface area contributed by atoms with Crippen LogP contribution in [0.5, 0.6) is 0 Å². The molecule has 0 atom stereocenters. The van der Waals surface area contributed by atoms with Gasteiger partial charge in [-0.2, -0.15) is 0 Å². The molecule has 0 spiro atoms. The standard InChI is InChI=1S/C45H32N2/c1-30(23-26-36-31(2)22-24-32-12-3-4-15-37(32)36)33-13-11-14-34(28-33)46-44-21-10-7-18-40(44)41-29-35(25-27-45(41)46)47-42-19-8-5-16-38(42)39-17-6-9-20-43(39)47/h3-29H,1H2,2H3/b26-23-. The monoisotopic (exact) mass is 600 g/mol. The summed E-state index contributed by atoms with van der Waals surface area (Å²) in [5.74, 6) is 0. The molecule has 0 amide bonds. The van der Waals surface area contributed by atoms with Crippen LogP contribution >= 0.6 is 0 Å². The maximum Gasteiger partial charge on any atom is 0.0542 e. The zero-order chi connectivity index (χ0) is 31.5. The zero-order valence-electron chi connectivity index (χ0n) is 26.2. The summed E-state index contributed by atoms with van der Waals surface area (Å²) in [5.41, 5.74) is 11.7. The number of aryl methyl sites for hydroxylation is 1. The van der Waals surface area contributed by atoms with Gasteiger partial charge in [-0.1, -0.05) is 122 Å². The summed E-state index contributed by atoms with van der Waals surface area (Å²) in [6.45, 7) is 6.66. The predicted molar refractivity (Wildman–Crippen MR) is 202 cm³/mol. The van der Waals surface area contributed by atoms with E-state index in [1.165, 1.54) is 65.5 Å². The van der Waals surface area contributed by atoms with Crippen molar-refractivity contribution in [2.24, 2.45) is 0 Å². The topological polar surface area (TPSA) is 9.86 Å². The van der Waals surface area contributed by atoms with Gasteiger partial charge in [-0.15, -0.1) is 0 Å². The number of hydrogen-bond donors (Lipinski definition) is 0.